The molecule has 0 spiro atoms. The molecule has 1 N–H and O–H groups in total. The lowest BCUT2D eigenvalue weighted by molar-refractivity contribution is 0.178. The molecule has 0 radical (unpaired) electrons. The van der Waals surface area contributed by atoms with Gasteiger partial charge in [0.05, 0.1) is 6.04 Å². The number of H-pyrrole nitrogens is 1. The summed E-state index contributed by atoms with van der Waals surface area (Å²) in [6, 6.07) is 12.1. The van der Waals surface area contributed by atoms with E-state index in [-0.39, 0.29) is 6.04 Å². The van der Waals surface area contributed by atoms with Crippen LogP contribution in [0.25, 0.3) is 11.4 Å². The first-order valence-corrected chi connectivity index (χ1v) is 8.40. The minimum absolute atomic E-state index is 0.148. The Balaban J connectivity index is 1.60. The Labute approximate surface area is 146 Å². The number of anilines is 1. The summed E-state index contributed by atoms with van der Waals surface area (Å²) in [7, 11) is 1.65. The summed E-state index contributed by atoms with van der Waals surface area (Å²) in [4.78, 5) is 15.8. The number of ether oxygens (including phenoxy) is 1. The summed E-state index contributed by atoms with van der Waals surface area (Å²) >= 11 is 0. The van der Waals surface area contributed by atoms with E-state index in [9.17, 15) is 0 Å². The standard InChI is InChI=1S/C18H20N6O/c1-25-12-15-19-10-9-16(20-15)24-11-5-8-14(24)18-21-17(22-23-18)13-6-3-2-4-7-13/h2-4,6-7,9-10,14H,5,8,11-12H2,1H3,(H,21,22,23)/t14-/m0/s1. The van der Waals surface area contributed by atoms with Crippen LogP contribution < -0.4 is 4.90 Å². The highest BCUT2D eigenvalue weighted by molar-refractivity contribution is 5.54. The smallest absolute Gasteiger partial charge is 0.181 e. The fourth-order valence-electron chi connectivity index (χ4n) is 3.21. The van der Waals surface area contributed by atoms with E-state index in [1.807, 2.05) is 36.4 Å². The zero-order valence-electron chi connectivity index (χ0n) is 14.1. The zero-order valence-corrected chi connectivity index (χ0v) is 14.1. The van der Waals surface area contributed by atoms with E-state index in [2.05, 4.69) is 25.1 Å². The van der Waals surface area contributed by atoms with Crippen molar-refractivity contribution in [3.8, 4) is 11.4 Å². The molecule has 0 saturated carbocycles. The number of benzene rings is 1. The van der Waals surface area contributed by atoms with Crippen LogP contribution in [0.1, 0.15) is 30.5 Å². The Kier molecular flexibility index (Phi) is 4.39. The largest absolute Gasteiger partial charge is 0.377 e. The SMILES string of the molecule is COCc1nccc(N2CCC[C@H]2c2nc(-c3ccccc3)n[nH]2)n1. The quantitative estimate of drug-likeness (QED) is 0.772. The van der Waals surface area contributed by atoms with Crippen LogP contribution in [-0.2, 0) is 11.3 Å². The fourth-order valence-corrected chi connectivity index (χ4v) is 3.21. The van der Waals surface area contributed by atoms with Gasteiger partial charge < -0.3 is 9.64 Å². The van der Waals surface area contributed by atoms with Crippen molar-refractivity contribution < 1.29 is 4.74 Å². The minimum atomic E-state index is 0.148. The lowest BCUT2D eigenvalue weighted by atomic mass is 10.2. The van der Waals surface area contributed by atoms with E-state index >= 15 is 0 Å². The summed E-state index contributed by atoms with van der Waals surface area (Å²) in [5.74, 6) is 3.20. The maximum absolute atomic E-state index is 5.14. The minimum Gasteiger partial charge on any atom is -0.377 e. The number of aromatic nitrogens is 5. The number of nitrogens with zero attached hydrogens (tertiary/aromatic N) is 5. The maximum Gasteiger partial charge on any atom is 0.181 e. The number of nitrogens with one attached hydrogen (secondary N) is 1. The molecule has 1 aliphatic rings. The average Bonchev–Trinajstić information content (AvgIpc) is 3.32. The molecule has 1 aromatic carbocycles. The van der Waals surface area contributed by atoms with Crippen LogP contribution in [0.3, 0.4) is 0 Å². The van der Waals surface area contributed by atoms with Crippen LogP contribution in [0.15, 0.2) is 42.6 Å². The topological polar surface area (TPSA) is 79.8 Å². The van der Waals surface area contributed by atoms with Crippen molar-refractivity contribution in [2.75, 3.05) is 18.6 Å². The van der Waals surface area contributed by atoms with Gasteiger partial charge >= 0.3 is 0 Å². The molecule has 7 nitrogen and oxygen atoms in total. The summed E-state index contributed by atoms with van der Waals surface area (Å²) in [6.45, 7) is 1.35. The number of aromatic amines is 1. The molecular formula is C18H20N6O. The highest BCUT2D eigenvalue weighted by atomic mass is 16.5. The van der Waals surface area contributed by atoms with Gasteiger partial charge in [0.1, 0.15) is 18.2 Å². The molecule has 7 heteroatoms. The lowest BCUT2D eigenvalue weighted by Crippen LogP contribution is -2.25. The summed E-state index contributed by atoms with van der Waals surface area (Å²) < 4.78 is 5.14. The lowest BCUT2D eigenvalue weighted by Gasteiger charge is -2.24. The molecule has 0 bridgehead atoms. The molecule has 0 amide bonds. The Bertz CT molecular complexity index is 834. The molecule has 128 valence electrons. The van der Waals surface area contributed by atoms with Gasteiger partial charge in [-0.2, -0.15) is 5.10 Å². The van der Waals surface area contributed by atoms with Crippen LogP contribution in [-0.4, -0.2) is 38.8 Å². The summed E-state index contributed by atoms with van der Waals surface area (Å²) in [5, 5.41) is 7.51. The van der Waals surface area contributed by atoms with Gasteiger partial charge in [-0.25, -0.2) is 15.0 Å². The van der Waals surface area contributed by atoms with Crippen LogP contribution >= 0.6 is 0 Å². The average molecular weight is 336 g/mol. The second kappa shape index (κ2) is 6.98. The molecule has 3 heterocycles. The number of hydrogen-bond acceptors (Lipinski definition) is 6. The first-order valence-electron chi connectivity index (χ1n) is 8.40. The Hall–Kier alpha value is -2.80. The van der Waals surface area contributed by atoms with E-state index in [0.29, 0.717) is 12.4 Å². The normalized spacial score (nSPS) is 17.2. The number of hydrogen-bond donors (Lipinski definition) is 1. The third kappa shape index (κ3) is 3.23. The van der Waals surface area contributed by atoms with Gasteiger partial charge in [0, 0.05) is 25.4 Å². The highest BCUT2D eigenvalue weighted by Crippen LogP contribution is 2.34. The summed E-state index contributed by atoms with van der Waals surface area (Å²) in [5.41, 5.74) is 1.01. The van der Waals surface area contributed by atoms with Gasteiger partial charge in [-0.1, -0.05) is 30.3 Å². The molecule has 0 unspecified atom stereocenters. The Morgan fingerprint density at radius 1 is 1.20 bits per heavy atom. The Morgan fingerprint density at radius 3 is 2.92 bits per heavy atom. The zero-order chi connectivity index (χ0) is 17.1. The van der Waals surface area contributed by atoms with Crippen LogP contribution in [0.2, 0.25) is 0 Å². The second-order valence-corrected chi connectivity index (χ2v) is 6.03. The molecule has 0 aliphatic carbocycles. The third-order valence-electron chi connectivity index (χ3n) is 4.36. The monoisotopic (exact) mass is 336 g/mol. The Morgan fingerprint density at radius 2 is 2.08 bits per heavy atom. The molecule has 1 aliphatic heterocycles. The highest BCUT2D eigenvalue weighted by Gasteiger charge is 2.30. The van der Waals surface area contributed by atoms with Crippen molar-refractivity contribution in [1.82, 2.24) is 25.1 Å². The first kappa shape index (κ1) is 15.7. The van der Waals surface area contributed by atoms with Gasteiger partial charge in [-0.15, -0.1) is 0 Å². The first-order chi connectivity index (χ1) is 12.3. The van der Waals surface area contributed by atoms with Gasteiger partial charge in [0.15, 0.2) is 11.6 Å². The van der Waals surface area contributed by atoms with Crippen LogP contribution in [0, 0.1) is 0 Å². The van der Waals surface area contributed by atoms with E-state index in [1.165, 1.54) is 0 Å². The van der Waals surface area contributed by atoms with Crippen molar-refractivity contribution in [2.45, 2.75) is 25.5 Å². The van der Waals surface area contributed by atoms with Gasteiger partial charge in [-0.05, 0) is 18.9 Å². The molecule has 1 saturated heterocycles. The van der Waals surface area contributed by atoms with Gasteiger partial charge in [0.25, 0.3) is 0 Å². The molecular weight excluding hydrogens is 316 g/mol. The molecule has 3 aromatic rings. The second-order valence-electron chi connectivity index (χ2n) is 6.03. The predicted molar refractivity (Wildman–Crippen MR) is 93.9 cm³/mol. The molecule has 1 atom stereocenters. The molecule has 4 rings (SSSR count). The van der Waals surface area contributed by atoms with Crippen molar-refractivity contribution >= 4 is 5.82 Å². The van der Waals surface area contributed by atoms with Crippen molar-refractivity contribution in [3.05, 3.63) is 54.2 Å². The van der Waals surface area contributed by atoms with E-state index in [0.717, 1.165) is 42.4 Å². The fraction of sp³-hybridized carbons (Fsp3) is 0.333. The molecule has 1 fully saturated rings. The van der Waals surface area contributed by atoms with Crippen LogP contribution in [0.4, 0.5) is 5.82 Å². The molecule has 2 aromatic heterocycles. The van der Waals surface area contributed by atoms with E-state index < -0.39 is 0 Å². The summed E-state index contributed by atoms with van der Waals surface area (Å²) in [6.07, 6.45) is 3.89. The van der Waals surface area contributed by atoms with E-state index in [4.69, 9.17) is 9.72 Å². The number of methoxy groups -OCH3 is 1. The van der Waals surface area contributed by atoms with Crippen molar-refractivity contribution in [1.29, 1.82) is 0 Å². The molecule has 25 heavy (non-hydrogen) atoms. The van der Waals surface area contributed by atoms with E-state index in [1.54, 1.807) is 13.3 Å². The third-order valence-corrected chi connectivity index (χ3v) is 4.36. The maximum atomic E-state index is 5.14. The van der Waals surface area contributed by atoms with Crippen molar-refractivity contribution in [3.63, 3.8) is 0 Å². The number of rotatable bonds is 5. The van der Waals surface area contributed by atoms with Crippen LogP contribution in [0.5, 0.6) is 0 Å². The van der Waals surface area contributed by atoms with Gasteiger partial charge in [0.2, 0.25) is 0 Å². The predicted octanol–water partition coefficient (Wildman–Crippen LogP) is 2.75. The van der Waals surface area contributed by atoms with Crippen molar-refractivity contribution in [2.24, 2.45) is 0 Å². The van der Waals surface area contributed by atoms with Gasteiger partial charge in [-0.3, -0.25) is 5.10 Å².